The number of halogens is 8. The third-order valence-corrected chi connectivity index (χ3v) is 8.67. The van der Waals surface area contributed by atoms with Crippen LogP contribution in [0.5, 0.6) is 0 Å². The van der Waals surface area contributed by atoms with Crippen molar-refractivity contribution in [1.82, 2.24) is 9.80 Å². The number of amides is 3. The number of carbonyl (C=O) groups excluding carboxylic acids is 3. The van der Waals surface area contributed by atoms with Gasteiger partial charge in [-0.05, 0) is 78.9 Å². The van der Waals surface area contributed by atoms with Crippen molar-refractivity contribution in [1.29, 1.82) is 0 Å². The van der Waals surface area contributed by atoms with E-state index in [1.165, 1.54) is 0 Å². The zero-order chi connectivity index (χ0) is 41.2. The fraction of sp³-hybridized carbons (Fsp3) is 0.514. The number of carbonyl (C=O) groups is 3. The first-order valence-corrected chi connectivity index (χ1v) is 17.1. The summed E-state index contributed by atoms with van der Waals surface area (Å²) >= 11 is 0. The molecule has 3 amide bonds. The Hall–Kier alpha value is -2.86. The molecule has 0 aliphatic carbocycles. The molecule has 0 saturated carbocycles. The maximum atomic E-state index is 13.2. The minimum Gasteiger partial charge on any atom is -0.747 e. The molecule has 2 aliphatic rings. The van der Waals surface area contributed by atoms with Crippen molar-refractivity contribution < 1.29 is 92.0 Å². The molecule has 2 aromatic rings. The van der Waals surface area contributed by atoms with Crippen LogP contribution in [0, 0.1) is 60.4 Å². The van der Waals surface area contributed by atoms with Crippen molar-refractivity contribution in [2.75, 3.05) is 0 Å². The van der Waals surface area contributed by atoms with Gasteiger partial charge < -0.3 is 9.45 Å². The van der Waals surface area contributed by atoms with Crippen molar-refractivity contribution in [3.05, 3.63) is 81.6 Å². The minimum absolute atomic E-state index is 0. The van der Waals surface area contributed by atoms with Gasteiger partial charge in [0.15, 0.2) is 46.5 Å². The summed E-state index contributed by atoms with van der Waals surface area (Å²) in [5.74, 6) is -12.8. The number of imide groups is 1. The summed E-state index contributed by atoms with van der Waals surface area (Å²) in [4.78, 5) is 36.9. The maximum Gasteiger partial charge on any atom is 1.00 e. The molecule has 0 radical (unpaired) electrons. The predicted molar refractivity (Wildman–Crippen MR) is 175 cm³/mol. The molecule has 2 aromatic carbocycles. The Morgan fingerprint density at radius 1 is 0.660 bits per heavy atom. The average molecular weight is 795 g/mol. The van der Waals surface area contributed by atoms with E-state index in [1.807, 2.05) is 20.8 Å². The zero-order valence-corrected chi connectivity index (χ0v) is 34.6. The number of nitrogens with zero attached hydrogens (tertiary/aromatic N) is 2. The quantitative estimate of drug-likeness (QED) is 0.103. The van der Waals surface area contributed by atoms with Gasteiger partial charge in [-0.3, -0.25) is 19.3 Å². The molecule has 2 fully saturated rings. The van der Waals surface area contributed by atoms with Crippen LogP contribution in [0.25, 0.3) is 0 Å². The molecule has 4 rings (SSSR count). The summed E-state index contributed by atoms with van der Waals surface area (Å²) < 4.78 is 134. The topological polar surface area (TPSA) is 115 Å². The Kier molecular flexibility index (Phi) is 17.2. The molecule has 2 saturated heterocycles. The molecule has 0 N–H and O–H groups in total. The van der Waals surface area contributed by atoms with Crippen molar-refractivity contribution in [3.63, 3.8) is 0 Å². The summed E-state index contributed by atoms with van der Waals surface area (Å²) in [7, 11) is -4.74. The van der Waals surface area contributed by atoms with Gasteiger partial charge in [0.25, 0.3) is 0 Å². The van der Waals surface area contributed by atoms with Crippen LogP contribution in [0.2, 0.25) is 0 Å². The molecule has 0 aromatic heterocycles. The number of benzene rings is 2. The van der Waals surface area contributed by atoms with E-state index in [1.54, 1.807) is 46.4 Å². The third kappa shape index (κ3) is 12.3. The fourth-order valence-electron chi connectivity index (χ4n) is 5.00. The number of rotatable bonds is 1. The number of likely N-dealkylation sites (tertiary alicyclic amines) is 2. The monoisotopic (exact) mass is 794 g/mol. The van der Waals surface area contributed by atoms with Gasteiger partial charge in [-0.1, -0.05) is 27.4 Å². The molecule has 2 heterocycles. The Morgan fingerprint density at radius 2 is 1.06 bits per heavy atom. The minimum atomic E-state index is -4.74. The molecule has 0 spiro atoms. The normalized spacial score (nSPS) is 16.3. The summed E-state index contributed by atoms with van der Waals surface area (Å²) in [6.07, 6.45) is 0.925. The van der Waals surface area contributed by atoms with Crippen LogP contribution < -0.4 is 29.6 Å². The van der Waals surface area contributed by atoms with E-state index >= 15 is 0 Å². The third-order valence-electron chi connectivity index (χ3n) is 7.60. The van der Waals surface area contributed by atoms with Gasteiger partial charge in [-0.15, -0.1) is 0 Å². The second-order valence-corrected chi connectivity index (χ2v) is 16.5. The van der Waals surface area contributed by atoms with E-state index < -0.39 is 102 Å². The van der Waals surface area contributed by atoms with Gasteiger partial charge in [0.05, 0.1) is 6.42 Å². The second-order valence-electron chi connectivity index (χ2n) is 15.0. The number of hydrogen-bond donors (Lipinski definition) is 0. The van der Waals surface area contributed by atoms with Crippen LogP contribution in [0.15, 0.2) is 18.3 Å². The van der Waals surface area contributed by atoms with Crippen LogP contribution in [0.1, 0.15) is 98.3 Å². The predicted octanol–water partition coefficient (Wildman–Crippen LogP) is 4.78. The summed E-state index contributed by atoms with van der Waals surface area (Å²) in [6.45, 7) is 21.5. The molecule has 2 aliphatic heterocycles. The molecule has 18 heteroatoms. The van der Waals surface area contributed by atoms with Gasteiger partial charge in [0, 0.05) is 34.3 Å². The Labute approximate surface area is 327 Å². The molecule has 8 nitrogen and oxygen atoms in total. The molecule has 1 atom stereocenters. The molecular formula is C35H43F8N2NaO6S. The second kappa shape index (κ2) is 18.2. The van der Waals surface area contributed by atoms with Crippen LogP contribution in [0.3, 0.4) is 0 Å². The van der Waals surface area contributed by atoms with E-state index in [4.69, 9.17) is 0 Å². The van der Waals surface area contributed by atoms with Crippen molar-refractivity contribution in [2.24, 2.45) is 0 Å². The van der Waals surface area contributed by atoms with Crippen LogP contribution in [-0.4, -0.2) is 56.8 Å². The summed E-state index contributed by atoms with van der Waals surface area (Å²) in [6, 6.07) is 0.688. The molecule has 0 bridgehead atoms. The Bertz CT molecular complexity index is 1730. The van der Waals surface area contributed by atoms with Crippen LogP contribution in [0.4, 0.5) is 35.1 Å². The van der Waals surface area contributed by atoms with E-state index in [0.29, 0.717) is 12.5 Å². The molecule has 1 unspecified atom stereocenters. The fourth-order valence-corrected chi connectivity index (χ4v) is 5.70. The van der Waals surface area contributed by atoms with Crippen molar-refractivity contribution in [2.45, 2.75) is 117 Å². The first kappa shape index (κ1) is 50.1. The van der Waals surface area contributed by atoms with E-state index in [2.05, 4.69) is 6.58 Å². The number of hydrogen-bond acceptors (Lipinski definition) is 6. The van der Waals surface area contributed by atoms with Gasteiger partial charge in [0.1, 0.15) is 15.4 Å². The molecular weight excluding hydrogens is 751 g/mol. The van der Waals surface area contributed by atoms with Gasteiger partial charge in [-0.2, -0.15) is 0 Å². The molecule has 53 heavy (non-hydrogen) atoms. The van der Waals surface area contributed by atoms with Crippen LogP contribution in [-0.2, 0) is 29.9 Å². The van der Waals surface area contributed by atoms with Crippen LogP contribution >= 0.6 is 0 Å². The Balaban J connectivity index is 0.000000680. The molecule has 292 valence electrons. The smallest absolute Gasteiger partial charge is 0.747 e. The summed E-state index contributed by atoms with van der Waals surface area (Å²) in [5.41, 5.74) is -2.12. The van der Waals surface area contributed by atoms with Gasteiger partial charge in [-0.25, -0.2) is 43.5 Å². The van der Waals surface area contributed by atoms with Gasteiger partial charge >= 0.3 is 29.6 Å². The van der Waals surface area contributed by atoms with E-state index in [9.17, 15) is 62.5 Å². The van der Waals surface area contributed by atoms with Crippen molar-refractivity contribution >= 4 is 27.8 Å². The van der Waals surface area contributed by atoms with E-state index in [0.717, 1.165) is 30.9 Å². The maximum absolute atomic E-state index is 13.2. The average Bonchev–Trinajstić information content (AvgIpc) is 3.51. The van der Waals surface area contributed by atoms with Gasteiger partial charge in [0.2, 0.25) is 17.7 Å². The SMILES string of the molecule is C=C1CCC(=O)N1C(C)(C)C.CC(C)(C)N1C(=O)CC(S(=O)(=O)[O-])C1=O.CC(C)(C)c1cc(F)c(F)c(F)c1F.Cc1c(F)c(F)c(C)c(F)c1F.[Na+]. The number of allylic oxidation sites excluding steroid dienone is 1. The first-order chi connectivity index (χ1) is 23.2. The summed E-state index contributed by atoms with van der Waals surface area (Å²) in [5, 5.41) is -1.75. The first-order valence-electron chi connectivity index (χ1n) is 15.6. The Morgan fingerprint density at radius 3 is 1.30 bits per heavy atom. The standard InChI is InChI=1S/C10H10F4.C9H15NO.C8H6F4.C8H13NO5S.Na/c1-10(2,3)5-4-6(11)8(13)9(14)7(5)12;1-7-5-6-8(11)10(7)9(2,3)4;1-3-5(9)7(11)4(2)8(12)6(3)10;1-8(2,3)9-6(10)4-5(7(9)11)15(12,13)14;/h4H,1-3H3;1,5-6H2,2-4H3;1-2H3;5H,4H2,1-3H3,(H,12,13,14);/q;;;;+1/p-1. The zero-order valence-electron chi connectivity index (χ0n) is 31.8. The largest absolute Gasteiger partial charge is 1.00 e. The van der Waals surface area contributed by atoms with E-state index in [-0.39, 0.29) is 46.6 Å². The van der Waals surface area contributed by atoms with Crippen molar-refractivity contribution in [3.8, 4) is 0 Å².